The van der Waals surface area contributed by atoms with Gasteiger partial charge in [-0.15, -0.1) is 0 Å². The summed E-state index contributed by atoms with van der Waals surface area (Å²) in [6, 6.07) is 15.7. The predicted octanol–water partition coefficient (Wildman–Crippen LogP) is 3.45. The molecule has 0 bridgehead atoms. The van der Waals surface area contributed by atoms with Crippen LogP contribution >= 0.6 is 0 Å². The minimum Gasteiger partial charge on any atom is -0.436 e. The molecule has 0 aliphatic rings. The number of carbonyl (C=O) groups is 1. The van der Waals surface area contributed by atoms with E-state index in [4.69, 9.17) is 4.42 Å². The van der Waals surface area contributed by atoms with Crippen molar-refractivity contribution < 1.29 is 22.7 Å². The van der Waals surface area contributed by atoms with Gasteiger partial charge in [-0.1, -0.05) is 55.8 Å². The van der Waals surface area contributed by atoms with Crippen LogP contribution < -0.4 is 0 Å². The summed E-state index contributed by atoms with van der Waals surface area (Å²) in [5.74, 6) is -0.955. The third-order valence-electron chi connectivity index (χ3n) is 4.96. The van der Waals surface area contributed by atoms with Crippen molar-refractivity contribution in [2.24, 2.45) is 0 Å². The standard InChI is InChI=1S/C22H26N2O5S/c1-3-4-14-24(22(26)20-23-18-12-8-9-13-19(18)29-20)21(25)16(2)30(27,28)15-17-10-6-5-7-11-17/h5-13,16,22,26H,3-4,14-15H2,1-2H3/t16-,22?/m1/s1. The van der Waals surface area contributed by atoms with Crippen molar-refractivity contribution in [1.82, 2.24) is 9.88 Å². The molecule has 1 heterocycles. The molecule has 1 unspecified atom stereocenters. The van der Waals surface area contributed by atoms with Gasteiger partial charge >= 0.3 is 0 Å². The number of aliphatic hydroxyl groups is 1. The van der Waals surface area contributed by atoms with E-state index < -0.39 is 27.2 Å². The molecule has 0 spiro atoms. The van der Waals surface area contributed by atoms with Crippen LogP contribution in [0, 0.1) is 0 Å². The molecule has 0 saturated heterocycles. The van der Waals surface area contributed by atoms with Gasteiger partial charge in [-0.05, 0) is 31.0 Å². The van der Waals surface area contributed by atoms with Crippen molar-refractivity contribution >= 4 is 26.8 Å². The quantitative estimate of drug-likeness (QED) is 0.522. The van der Waals surface area contributed by atoms with E-state index in [1.165, 1.54) is 6.92 Å². The smallest absolute Gasteiger partial charge is 0.246 e. The molecule has 1 N–H and O–H groups in total. The molecular weight excluding hydrogens is 404 g/mol. The van der Waals surface area contributed by atoms with Crippen molar-refractivity contribution in [3.8, 4) is 0 Å². The van der Waals surface area contributed by atoms with Gasteiger partial charge in [0.2, 0.25) is 18.0 Å². The molecule has 8 heteroatoms. The highest BCUT2D eigenvalue weighted by Crippen LogP contribution is 2.25. The summed E-state index contributed by atoms with van der Waals surface area (Å²) in [6.45, 7) is 3.50. The molecule has 0 radical (unpaired) electrons. The molecule has 0 saturated carbocycles. The normalized spacial score (nSPS) is 13.8. The summed E-state index contributed by atoms with van der Waals surface area (Å²) in [5.41, 5.74) is 1.65. The van der Waals surface area contributed by atoms with Gasteiger partial charge < -0.3 is 14.4 Å². The maximum atomic E-state index is 13.1. The van der Waals surface area contributed by atoms with Gasteiger partial charge in [-0.2, -0.15) is 0 Å². The fourth-order valence-corrected chi connectivity index (χ4v) is 4.48. The second kappa shape index (κ2) is 9.40. The highest BCUT2D eigenvalue weighted by atomic mass is 32.2. The van der Waals surface area contributed by atoms with E-state index in [1.54, 1.807) is 54.6 Å². The highest BCUT2D eigenvalue weighted by Gasteiger charge is 2.36. The van der Waals surface area contributed by atoms with E-state index in [-0.39, 0.29) is 18.2 Å². The average molecular weight is 431 g/mol. The largest absolute Gasteiger partial charge is 0.436 e. The Balaban J connectivity index is 1.85. The van der Waals surface area contributed by atoms with Gasteiger partial charge in [-0.25, -0.2) is 13.4 Å². The van der Waals surface area contributed by atoms with Crippen LogP contribution in [0.4, 0.5) is 0 Å². The number of unbranched alkanes of at least 4 members (excludes halogenated alkanes) is 1. The molecule has 0 aliphatic carbocycles. The lowest BCUT2D eigenvalue weighted by Crippen LogP contribution is -2.44. The van der Waals surface area contributed by atoms with E-state index in [0.717, 1.165) is 11.3 Å². The zero-order chi connectivity index (χ0) is 21.7. The molecule has 7 nitrogen and oxygen atoms in total. The summed E-state index contributed by atoms with van der Waals surface area (Å²) in [7, 11) is -3.78. The number of aromatic nitrogens is 1. The van der Waals surface area contributed by atoms with Crippen molar-refractivity contribution in [3.05, 3.63) is 66.1 Å². The van der Waals surface area contributed by atoms with Gasteiger partial charge in [0.25, 0.3) is 0 Å². The number of sulfone groups is 1. The van der Waals surface area contributed by atoms with Gasteiger partial charge in [0.15, 0.2) is 15.4 Å². The number of para-hydroxylation sites is 2. The van der Waals surface area contributed by atoms with Gasteiger partial charge in [0.1, 0.15) is 10.8 Å². The highest BCUT2D eigenvalue weighted by molar-refractivity contribution is 7.92. The van der Waals surface area contributed by atoms with Crippen molar-refractivity contribution in [2.45, 2.75) is 43.9 Å². The molecule has 30 heavy (non-hydrogen) atoms. The van der Waals surface area contributed by atoms with E-state index in [2.05, 4.69) is 4.98 Å². The Hall–Kier alpha value is -2.71. The molecule has 2 aromatic carbocycles. The lowest BCUT2D eigenvalue weighted by molar-refractivity contribution is -0.142. The number of benzene rings is 2. The van der Waals surface area contributed by atoms with Crippen LogP contribution in [0.15, 0.2) is 59.0 Å². The fourth-order valence-electron chi connectivity index (χ4n) is 3.13. The first-order valence-corrected chi connectivity index (χ1v) is 11.6. The monoisotopic (exact) mass is 430 g/mol. The number of carbonyl (C=O) groups excluding carboxylic acids is 1. The summed E-state index contributed by atoms with van der Waals surface area (Å²) in [5, 5.41) is 9.53. The molecule has 3 aromatic rings. The number of hydrogen-bond donors (Lipinski definition) is 1. The molecule has 1 amide bonds. The van der Waals surface area contributed by atoms with Crippen molar-refractivity contribution in [1.29, 1.82) is 0 Å². The number of fused-ring (bicyclic) bond motifs is 1. The second-order valence-corrected chi connectivity index (χ2v) is 9.54. The number of amides is 1. The minimum atomic E-state index is -3.78. The molecule has 2 atom stereocenters. The molecule has 0 aliphatic heterocycles. The first-order chi connectivity index (χ1) is 14.3. The lowest BCUT2D eigenvalue weighted by Gasteiger charge is -2.28. The van der Waals surface area contributed by atoms with Gasteiger partial charge in [0, 0.05) is 6.54 Å². The average Bonchev–Trinajstić information content (AvgIpc) is 3.18. The molecule has 0 fully saturated rings. The topological polar surface area (TPSA) is 101 Å². The van der Waals surface area contributed by atoms with Crippen LogP contribution in [-0.4, -0.2) is 41.1 Å². The first-order valence-electron chi connectivity index (χ1n) is 9.93. The Labute approximate surface area is 176 Å². The van der Waals surface area contributed by atoms with Crippen LogP contribution in [0.5, 0.6) is 0 Å². The van der Waals surface area contributed by atoms with Crippen LogP contribution in [0.3, 0.4) is 0 Å². The van der Waals surface area contributed by atoms with E-state index in [1.807, 2.05) is 6.92 Å². The van der Waals surface area contributed by atoms with Crippen LogP contribution in [0.25, 0.3) is 11.1 Å². The minimum absolute atomic E-state index is 0.0340. The third kappa shape index (κ3) is 4.88. The lowest BCUT2D eigenvalue weighted by atomic mass is 10.2. The van der Waals surface area contributed by atoms with Gasteiger partial charge in [-0.3, -0.25) is 4.79 Å². The zero-order valence-electron chi connectivity index (χ0n) is 17.1. The van der Waals surface area contributed by atoms with Crippen LogP contribution in [0.2, 0.25) is 0 Å². The zero-order valence-corrected chi connectivity index (χ0v) is 17.9. The van der Waals surface area contributed by atoms with Gasteiger partial charge in [0.05, 0.1) is 5.75 Å². The maximum absolute atomic E-state index is 13.1. The Morgan fingerprint density at radius 3 is 2.47 bits per heavy atom. The number of aliphatic hydroxyl groups excluding tert-OH is 1. The van der Waals surface area contributed by atoms with E-state index in [9.17, 15) is 18.3 Å². The van der Waals surface area contributed by atoms with Crippen molar-refractivity contribution in [3.63, 3.8) is 0 Å². The number of nitrogens with zero attached hydrogens (tertiary/aromatic N) is 2. The maximum Gasteiger partial charge on any atom is 0.246 e. The van der Waals surface area contributed by atoms with E-state index >= 15 is 0 Å². The van der Waals surface area contributed by atoms with Crippen molar-refractivity contribution in [2.75, 3.05) is 6.54 Å². The Morgan fingerprint density at radius 2 is 1.80 bits per heavy atom. The number of hydrogen-bond acceptors (Lipinski definition) is 6. The number of oxazole rings is 1. The molecule has 3 rings (SSSR count). The molecule has 1 aromatic heterocycles. The molecular formula is C22H26N2O5S. The Bertz CT molecular complexity index is 1060. The second-order valence-electron chi connectivity index (χ2n) is 7.21. The van der Waals surface area contributed by atoms with Crippen LogP contribution in [0.1, 0.15) is 44.4 Å². The third-order valence-corrected chi connectivity index (χ3v) is 6.97. The molecule has 160 valence electrons. The predicted molar refractivity (Wildman–Crippen MR) is 114 cm³/mol. The fraction of sp³-hybridized carbons (Fsp3) is 0.364. The van der Waals surface area contributed by atoms with E-state index in [0.29, 0.717) is 23.1 Å². The Kier molecular flexibility index (Phi) is 6.89. The summed E-state index contributed by atoms with van der Waals surface area (Å²) < 4.78 is 31.3. The summed E-state index contributed by atoms with van der Waals surface area (Å²) in [6.07, 6.45) is -0.0882. The van der Waals surface area contributed by atoms with Crippen LogP contribution in [-0.2, 0) is 20.4 Å². The summed E-state index contributed by atoms with van der Waals surface area (Å²) >= 11 is 0. The SMILES string of the molecule is CCCCN(C(=O)[C@@H](C)S(=O)(=O)Cc1ccccc1)C(O)c1nc2ccccc2o1. The number of rotatable bonds is 9. The summed E-state index contributed by atoms with van der Waals surface area (Å²) in [4.78, 5) is 18.5. The first kappa shape index (κ1) is 22.0. The Morgan fingerprint density at radius 1 is 1.13 bits per heavy atom.